The first-order valence-electron chi connectivity index (χ1n) is 43.8. The Morgan fingerprint density at radius 2 is 0.450 bits per heavy atom. The summed E-state index contributed by atoms with van der Waals surface area (Å²) in [6, 6.07) is 0. The van der Waals surface area contributed by atoms with Gasteiger partial charge in [0.05, 0.1) is 26.4 Å². The number of carbonyl (C=O) groups is 3. The number of esters is 3. The van der Waals surface area contributed by atoms with Crippen LogP contribution in [0.25, 0.3) is 0 Å². The van der Waals surface area contributed by atoms with Gasteiger partial charge < -0.3 is 34.2 Å². The zero-order chi connectivity index (χ0) is 80.8. The molecule has 636 valence electrons. The number of unbranched alkanes of at least 4 members (excludes halogenated alkanes) is 33. The number of rotatable bonds is 82. The van der Waals surface area contributed by atoms with Crippen molar-refractivity contribution in [2.24, 2.45) is 0 Å². The first-order valence-corrected chi connectivity index (χ1v) is 46.8. The predicted octanol–water partition coefficient (Wildman–Crippen LogP) is 26.5. The maximum atomic E-state index is 13.0. The average molecular weight is 1590 g/mol. The van der Waals surface area contributed by atoms with Gasteiger partial charge in [-0.1, -0.05) is 352 Å². The monoisotopic (exact) mass is 1590 g/mol. The molecule has 0 saturated carbocycles. The van der Waals surface area contributed by atoms with E-state index in [2.05, 4.69) is 179 Å². The van der Waals surface area contributed by atoms with Crippen molar-refractivity contribution in [3.63, 3.8) is 0 Å². The summed E-state index contributed by atoms with van der Waals surface area (Å²) in [5.74, 6) is -1.59. The predicted molar refractivity (Wildman–Crippen MR) is 463 cm³/mol. The second-order valence-corrected chi connectivity index (χ2v) is 31.8. The molecule has 0 spiro atoms. The van der Waals surface area contributed by atoms with Crippen molar-refractivity contribution >= 4 is 33.6 Å². The molecule has 5 unspecified atom stereocenters. The van der Waals surface area contributed by atoms with E-state index in [-0.39, 0.29) is 19.3 Å². The lowest BCUT2D eigenvalue weighted by Crippen LogP contribution is -2.30. The Morgan fingerprint density at radius 3 is 0.712 bits per heavy atom. The molecule has 0 aliphatic rings. The molecule has 0 aromatic carbocycles. The quantitative estimate of drug-likeness (QED) is 0.0146. The number of aliphatic hydroxyl groups excluding tert-OH is 2. The molecular weight excluding hydrogens is 1430 g/mol. The number of aliphatic hydroxyl groups is 2. The summed E-state index contributed by atoms with van der Waals surface area (Å²) in [6.45, 7) is 2.35. The highest BCUT2D eigenvalue weighted by Crippen LogP contribution is 2.45. The van der Waals surface area contributed by atoms with Crippen LogP contribution in [-0.4, -0.2) is 95.9 Å². The van der Waals surface area contributed by atoms with Crippen LogP contribution < -0.4 is 0 Å². The van der Waals surface area contributed by atoms with Crippen LogP contribution in [0.2, 0.25) is 0 Å². The smallest absolute Gasteiger partial charge is 0.463 e. The molecule has 0 amide bonds. The molecule has 0 rings (SSSR count). The normalized spacial score (nSPS) is 14.6. The van der Waals surface area contributed by atoms with Crippen molar-refractivity contribution in [3.8, 4) is 0 Å². The number of phosphoric ester groups is 2. The van der Waals surface area contributed by atoms with Crippen LogP contribution in [0, 0.1) is 0 Å². The minimum absolute atomic E-state index is 0.0815. The minimum Gasteiger partial charge on any atom is -0.463 e. The van der Waals surface area contributed by atoms with E-state index in [9.17, 15) is 43.5 Å². The van der Waals surface area contributed by atoms with Crippen molar-refractivity contribution in [1.82, 2.24) is 0 Å². The molecule has 4 N–H and O–H groups in total. The Balaban J connectivity index is 4.47. The van der Waals surface area contributed by atoms with Gasteiger partial charge >= 0.3 is 33.6 Å². The van der Waals surface area contributed by atoms with E-state index in [1.165, 1.54) is 128 Å². The molecule has 18 heteroatoms. The van der Waals surface area contributed by atoms with Gasteiger partial charge in [-0.05, 0) is 141 Å². The second kappa shape index (κ2) is 84.6. The van der Waals surface area contributed by atoms with Gasteiger partial charge in [0, 0.05) is 19.3 Å². The molecule has 0 aliphatic heterocycles. The van der Waals surface area contributed by atoms with E-state index < -0.39 is 91.5 Å². The van der Waals surface area contributed by atoms with Crippen molar-refractivity contribution in [2.75, 3.05) is 39.6 Å². The first-order chi connectivity index (χ1) is 54.2. The fraction of sp³-hybridized carbons (Fsp3) is 0.688. The van der Waals surface area contributed by atoms with Crippen LogP contribution in [0.5, 0.6) is 0 Å². The van der Waals surface area contributed by atoms with Crippen LogP contribution in [-0.2, 0) is 55.8 Å². The Morgan fingerprint density at radius 1 is 0.252 bits per heavy atom. The van der Waals surface area contributed by atoms with E-state index in [0.717, 1.165) is 167 Å². The maximum Gasteiger partial charge on any atom is 0.472 e. The van der Waals surface area contributed by atoms with Gasteiger partial charge in [0.15, 0.2) is 6.10 Å². The molecule has 0 aromatic rings. The Hall–Kier alpha value is -4.83. The number of hydrogen-bond donors (Lipinski definition) is 4. The van der Waals surface area contributed by atoms with E-state index >= 15 is 0 Å². The summed E-state index contributed by atoms with van der Waals surface area (Å²) in [5, 5.41) is 20.7. The Labute approximate surface area is 676 Å². The molecule has 0 radical (unpaired) electrons. The van der Waals surface area contributed by atoms with E-state index in [4.69, 9.17) is 32.3 Å². The van der Waals surface area contributed by atoms with Gasteiger partial charge in [0.25, 0.3) is 0 Å². The molecular formula is C93H158O16P2. The van der Waals surface area contributed by atoms with E-state index in [1.807, 2.05) is 0 Å². The summed E-state index contributed by atoms with van der Waals surface area (Å²) in [5.41, 5.74) is 0. The molecule has 5 atom stereocenters. The third kappa shape index (κ3) is 85.9. The SMILES string of the molecule is CC/C=C\C/C=C\C/C=C\C/C=C\C/C=C\CCCCCCCCCCCCCCCCCCCC(=O)OCC(O)COP(=O)(O)OCC(O)COP(=O)(O)OCC(COC(=O)CCCCCCCCCCCCC/C=C\C/C=C\C/C=C\C/C=C\C/C=C\CC)OC(=O)CCCCCCC/C=C\C/C=C\C/C=C\CC. The molecule has 0 fully saturated rings. The third-order valence-corrected chi connectivity index (χ3v) is 20.1. The molecule has 111 heavy (non-hydrogen) atoms. The zero-order valence-electron chi connectivity index (χ0n) is 69.8. The molecule has 0 heterocycles. The van der Waals surface area contributed by atoms with Gasteiger partial charge in [-0.3, -0.25) is 32.5 Å². The Bertz CT molecular complexity index is 2650. The highest BCUT2D eigenvalue weighted by molar-refractivity contribution is 7.47. The largest absolute Gasteiger partial charge is 0.472 e. The summed E-state index contributed by atoms with van der Waals surface area (Å²) in [7, 11) is -9.81. The summed E-state index contributed by atoms with van der Waals surface area (Å²) in [4.78, 5) is 58.8. The number of hydrogen-bond acceptors (Lipinski definition) is 14. The van der Waals surface area contributed by atoms with Crippen LogP contribution >= 0.6 is 15.6 Å². The standard InChI is InChI=1S/C93H158O16P2/c1-4-7-10-13-16-19-22-25-28-30-32-34-36-38-40-41-42-43-44-45-47-49-50-52-54-56-59-61-64-67-70-73-76-79-91(96)103-82-88(94)83-105-110(99,100)106-84-89(95)85-107-111(101,102)108-87-90(109-93(98)81-78-75-72-69-66-63-58-27-24-21-18-15-12-9-6-3)86-104-92(97)80-77-74-71-68-65-62-60-57-55-53-51-48-46-39-37-35-33-31-29-26-23-20-17-14-11-8-5-2/h7-12,16-21,25-29,32-35,38-40,46,58,88-90,94-95H,4-6,13-15,22-24,30-31,36-37,41-45,47-57,59-87H2,1-3H3,(H,99,100)(H,101,102)/b10-7-,11-8-,12-9-,19-16-,20-17-,21-18-,28-25-,29-26-,34-32-,35-33-,40-38-,46-39-,58-27-. The number of ether oxygens (including phenoxy) is 3. The maximum absolute atomic E-state index is 13.0. The fourth-order valence-corrected chi connectivity index (χ4v) is 13.3. The van der Waals surface area contributed by atoms with Crippen LogP contribution in [0.1, 0.15) is 355 Å². The van der Waals surface area contributed by atoms with Gasteiger partial charge in [-0.25, -0.2) is 9.13 Å². The molecule has 0 aromatic heterocycles. The minimum atomic E-state index is -4.94. The van der Waals surface area contributed by atoms with Crippen molar-refractivity contribution in [3.05, 3.63) is 158 Å². The average Bonchev–Trinajstić information content (AvgIpc) is 0.902. The summed E-state index contributed by atoms with van der Waals surface area (Å²) >= 11 is 0. The third-order valence-electron chi connectivity index (χ3n) is 18.2. The molecule has 16 nitrogen and oxygen atoms in total. The van der Waals surface area contributed by atoms with Crippen LogP contribution in [0.3, 0.4) is 0 Å². The van der Waals surface area contributed by atoms with Gasteiger partial charge in [-0.15, -0.1) is 0 Å². The number of allylic oxidation sites excluding steroid dienone is 26. The fourth-order valence-electron chi connectivity index (χ4n) is 11.7. The second-order valence-electron chi connectivity index (χ2n) is 28.9. The van der Waals surface area contributed by atoms with E-state index in [0.29, 0.717) is 19.3 Å². The van der Waals surface area contributed by atoms with Gasteiger partial charge in [0.1, 0.15) is 25.4 Å². The number of carbonyl (C=O) groups excluding carboxylic acids is 3. The van der Waals surface area contributed by atoms with Crippen molar-refractivity contribution in [2.45, 2.75) is 373 Å². The van der Waals surface area contributed by atoms with Crippen molar-refractivity contribution in [1.29, 1.82) is 0 Å². The topological polar surface area (TPSA) is 231 Å². The van der Waals surface area contributed by atoms with Gasteiger partial charge in [-0.2, -0.15) is 0 Å². The highest BCUT2D eigenvalue weighted by atomic mass is 31.2. The highest BCUT2D eigenvalue weighted by Gasteiger charge is 2.29. The van der Waals surface area contributed by atoms with Crippen LogP contribution in [0.4, 0.5) is 0 Å². The summed E-state index contributed by atoms with van der Waals surface area (Å²) in [6.07, 6.45) is 107. The van der Waals surface area contributed by atoms with Gasteiger partial charge in [0.2, 0.25) is 0 Å². The molecule has 0 aliphatic carbocycles. The summed E-state index contributed by atoms with van der Waals surface area (Å²) < 4.78 is 61.3. The van der Waals surface area contributed by atoms with Crippen molar-refractivity contribution < 1.29 is 75.8 Å². The lowest BCUT2D eigenvalue weighted by Gasteiger charge is -2.21. The lowest BCUT2D eigenvalue weighted by atomic mass is 10.0. The Kier molecular flexibility index (Phi) is 80.9. The lowest BCUT2D eigenvalue weighted by molar-refractivity contribution is -0.161. The van der Waals surface area contributed by atoms with Crippen LogP contribution in [0.15, 0.2) is 158 Å². The number of phosphoric acid groups is 2. The molecule has 0 saturated heterocycles. The van der Waals surface area contributed by atoms with E-state index in [1.54, 1.807) is 0 Å². The zero-order valence-corrected chi connectivity index (χ0v) is 71.6. The first kappa shape index (κ1) is 106. The molecule has 0 bridgehead atoms.